The minimum Gasteiger partial charge on any atom is -0.744 e. The summed E-state index contributed by atoms with van der Waals surface area (Å²) in [6.07, 6.45) is 5.33. The van der Waals surface area contributed by atoms with Crippen molar-refractivity contribution in [2.75, 3.05) is 0 Å². The first-order valence-electron chi connectivity index (χ1n) is 17.4. The van der Waals surface area contributed by atoms with Crippen molar-refractivity contribution in [3.63, 3.8) is 0 Å². The molecule has 0 saturated carbocycles. The average molecular weight is 770 g/mol. The molecule has 0 aliphatic heterocycles. The second kappa shape index (κ2) is 18.8. The lowest BCUT2D eigenvalue weighted by molar-refractivity contribution is 0.300. The summed E-state index contributed by atoms with van der Waals surface area (Å²) in [6, 6.07) is 46.9. The van der Waals surface area contributed by atoms with Gasteiger partial charge in [-0.3, -0.25) is 15.0 Å². The van der Waals surface area contributed by atoms with Crippen LogP contribution in [0.1, 0.15) is 28.2 Å². The summed E-state index contributed by atoms with van der Waals surface area (Å²) < 4.78 is 50.3. The zero-order valence-corrected chi connectivity index (χ0v) is 32.0. The SMILES string of the molecule is Cc1ccc(S(=O)(=O)[O-])c(C)c1.c1ccc(COc2cccc([S+](c3cccc(OCc4ccccn4)c3)c3cccc(OCc4ccccn4)c3)c2)nc1. The molecule has 0 unspecified atom stereocenters. The number of benzene rings is 4. The molecule has 0 amide bonds. The summed E-state index contributed by atoms with van der Waals surface area (Å²) in [7, 11) is -4.78. The van der Waals surface area contributed by atoms with Crippen LogP contribution in [0.3, 0.4) is 0 Å². The van der Waals surface area contributed by atoms with Crippen molar-refractivity contribution in [2.45, 2.75) is 53.3 Å². The lowest BCUT2D eigenvalue weighted by Gasteiger charge is -2.13. The molecule has 278 valence electrons. The molecule has 55 heavy (non-hydrogen) atoms. The summed E-state index contributed by atoms with van der Waals surface area (Å²) in [6.45, 7) is 4.63. The Labute approximate surface area is 324 Å². The highest BCUT2D eigenvalue weighted by Gasteiger charge is 2.30. The van der Waals surface area contributed by atoms with Gasteiger partial charge in [-0.1, -0.05) is 54.1 Å². The van der Waals surface area contributed by atoms with Gasteiger partial charge in [0, 0.05) is 36.8 Å². The molecule has 11 heteroatoms. The molecule has 3 heterocycles. The highest BCUT2D eigenvalue weighted by molar-refractivity contribution is 7.97. The molecule has 0 atom stereocenters. The zero-order valence-electron chi connectivity index (χ0n) is 30.3. The Kier molecular flexibility index (Phi) is 13.3. The van der Waals surface area contributed by atoms with E-state index in [0.29, 0.717) is 25.4 Å². The van der Waals surface area contributed by atoms with Gasteiger partial charge in [0.2, 0.25) is 0 Å². The van der Waals surface area contributed by atoms with Gasteiger partial charge < -0.3 is 18.8 Å². The van der Waals surface area contributed by atoms with Gasteiger partial charge in [0.25, 0.3) is 0 Å². The van der Waals surface area contributed by atoms with Gasteiger partial charge in [-0.15, -0.1) is 0 Å². The molecule has 0 aliphatic rings. The van der Waals surface area contributed by atoms with Crippen LogP contribution >= 0.6 is 0 Å². The Morgan fingerprint density at radius 2 is 0.909 bits per heavy atom. The van der Waals surface area contributed by atoms with Crippen LogP contribution < -0.4 is 14.2 Å². The van der Waals surface area contributed by atoms with E-state index in [2.05, 4.69) is 51.4 Å². The van der Waals surface area contributed by atoms with Gasteiger partial charge in [-0.05, 0) is 98.3 Å². The van der Waals surface area contributed by atoms with E-state index in [1.165, 1.54) is 6.07 Å². The van der Waals surface area contributed by atoms with Gasteiger partial charge >= 0.3 is 0 Å². The number of aryl methyl sites for hydroxylation is 2. The Morgan fingerprint density at radius 1 is 0.509 bits per heavy atom. The molecule has 0 bridgehead atoms. The topological polar surface area (TPSA) is 124 Å². The van der Waals surface area contributed by atoms with Crippen LogP contribution in [0, 0.1) is 13.8 Å². The minimum absolute atomic E-state index is 0.131. The number of pyridine rings is 3. The fourth-order valence-corrected chi connectivity index (χ4v) is 8.33. The van der Waals surface area contributed by atoms with Crippen molar-refractivity contribution in [3.05, 3.63) is 192 Å². The van der Waals surface area contributed by atoms with E-state index < -0.39 is 21.0 Å². The van der Waals surface area contributed by atoms with Crippen LogP contribution in [-0.4, -0.2) is 27.9 Å². The van der Waals surface area contributed by atoms with Crippen molar-refractivity contribution in [3.8, 4) is 17.2 Å². The van der Waals surface area contributed by atoms with Crippen LogP contribution in [0.15, 0.2) is 184 Å². The highest BCUT2D eigenvalue weighted by Crippen LogP contribution is 2.36. The number of nitrogens with zero attached hydrogens (tertiary/aromatic N) is 3. The van der Waals surface area contributed by atoms with E-state index in [9.17, 15) is 13.0 Å². The first-order chi connectivity index (χ1) is 26.7. The maximum Gasteiger partial charge on any atom is 0.170 e. The maximum absolute atomic E-state index is 10.6. The number of hydrogen-bond acceptors (Lipinski definition) is 9. The largest absolute Gasteiger partial charge is 0.744 e. The molecule has 7 aromatic rings. The summed E-state index contributed by atoms with van der Waals surface area (Å²) >= 11 is 0. The van der Waals surface area contributed by atoms with E-state index in [-0.39, 0.29) is 4.90 Å². The number of ether oxygens (including phenoxy) is 3. The molecule has 7 rings (SSSR count). The second-order valence-corrected chi connectivity index (χ2v) is 15.7. The minimum atomic E-state index is -4.30. The molecule has 0 N–H and O–H groups in total. The Hall–Kier alpha value is -6.01. The molecule has 9 nitrogen and oxygen atoms in total. The Bertz CT molecular complexity index is 2190. The predicted octanol–water partition coefficient (Wildman–Crippen LogP) is 8.91. The van der Waals surface area contributed by atoms with Gasteiger partial charge in [-0.2, -0.15) is 0 Å². The smallest absolute Gasteiger partial charge is 0.170 e. The standard InChI is InChI=1S/C36H30N3O3S.C8H10O3S/c1-4-19-37-28(10-1)25-40-31-13-7-16-34(22-31)43(35-17-8-14-32(23-35)41-26-29-11-2-5-20-38-29)36-18-9-15-33(24-36)42-27-30-12-3-6-21-39-30;1-6-3-4-8(7(2)5-6)12(9,10)11/h1-24H,25-27H2;3-5H,1-2H3,(H,9,10,11)/q+1;/p-1. The molecule has 0 spiro atoms. The molecule has 0 aliphatic carbocycles. The van der Waals surface area contributed by atoms with Crippen molar-refractivity contribution in [2.24, 2.45) is 0 Å². The summed E-state index contributed by atoms with van der Waals surface area (Å²) in [5, 5.41) is 0. The molecule has 0 radical (unpaired) electrons. The monoisotopic (exact) mass is 769 g/mol. The number of rotatable bonds is 13. The third-order valence-corrected chi connectivity index (χ3v) is 11.2. The lowest BCUT2D eigenvalue weighted by atomic mass is 10.2. The van der Waals surface area contributed by atoms with Crippen LogP contribution in [0.5, 0.6) is 17.2 Å². The average Bonchev–Trinajstić information content (AvgIpc) is 3.20. The van der Waals surface area contributed by atoms with Crippen LogP contribution in [-0.2, 0) is 40.8 Å². The molecular weight excluding hydrogens is 731 g/mol. The van der Waals surface area contributed by atoms with Gasteiger partial charge in [0.15, 0.2) is 14.7 Å². The fraction of sp³-hybridized carbons (Fsp3) is 0.114. The van der Waals surface area contributed by atoms with Crippen LogP contribution in [0.4, 0.5) is 0 Å². The van der Waals surface area contributed by atoms with E-state index in [1.54, 1.807) is 37.6 Å². The molecule has 0 fully saturated rings. The quantitative estimate of drug-likeness (QED) is 0.0836. The third kappa shape index (κ3) is 11.5. The molecular formula is C44H39N3O6S2. The lowest BCUT2D eigenvalue weighted by Crippen LogP contribution is -2.07. The maximum atomic E-state index is 10.6. The van der Waals surface area contributed by atoms with E-state index in [1.807, 2.05) is 97.9 Å². The van der Waals surface area contributed by atoms with Gasteiger partial charge in [0.05, 0.1) is 32.9 Å². The van der Waals surface area contributed by atoms with Crippen LogP contribution in [0.2, 0.25) is 0 Å². The van der Waals surface area contributed by atoms with Crippen molar-refractivity contribution in [1.82, 2.24) is 15.0 Å². The Morgan fingerprint density at radius 3 is 1.24 bits per heavy atom. The van der Waals surface area contributed by atoms with Crippen molar-refractivity contribution >= 4 is 21.0 Å². The van der Waals surface area contributed by atoms with Gasteiger partial charge in [-0.25, -0.2) is 8.42 Å². The number of hydrogen-bond donors (Lipinski definition) is 0. The molecule has 3 aromatic heterocycles. The summed E-state index contributed by atoms with van der Waals surface area (Å²) in [5.41, 5.74) is 4.08. The third-order valence-electron chi connectivity index (χ3n) is 8.06. The van der Waals surface area contributed by atoms with E-state index in [0.717, 1.165) is 54.6 Å². The second-order valence-electron chi connectivity index (χ2n) is 12.3. The van der Waals surface area contributed by atoms with Gasteiger partial charge in [0.1, 0.15) is 47.2 Å². The highest BCUT2D eigenvalue weighted by atomic mass is 32.2. The molecule has 0 saturated heterocycles. The normalized spacial score (nSPS) is 11.0. The number of aromatic nitrogens is 3. The summed E-state index contributed by atoms with van der Waals surface area (Å²) in [4.78, 5) is 16.4. The fourth-order valence-electron chi connectivity index (χ4n) is 5.48. The predicted molar refractivity (Wildman–Crippen MR) is 211 cm³/mol. The summed E-state index contributed by atoms with van der Waals surface area (Å²) in [5.74, 6) is 2.35. The van der Waals surface area contributed by atoms with Crippen molar-refractivity contribution < 1.29 is 27.2 Å². The van der Waals surface area contributed by atoms with E-state index in [4.69, 9.17) is 14.2 Å². The zero-order chi connectivity index (χ0) is 38.5. The Balaban J connectivity index is 0.000000367. The first-order valence-corrected chi connectivity index (χ1v) is 20.0. The van der Waals surface area contributed by atoms with E-state index >= 15 is 0 Å². The first kappa shape index (κ1) is 38.7. The van der Waals surface area contributed by atoms with Crippen LogP contribution in [0.25, 0.3) is 0 Å². The van der Waals surface area contributed by atoms with Crippen molar-refractivity contribution in [1.29, 1.82) is 0 Å². The molecule has 4 aromatic carbocycles.